The van der Waals surface area contributed by atoms with Crippen LogP contribution in [0.25, 0.3) is 10.8 Å². The Morgan fingerprint density at radius 3 is 2.53 bits per heavy atom. The van der Waals surface area contributed by atoms with E-state index in [9.17, 15) is 0 Å². The van der Waals surface area contributed by atoms with Gasteiger partial charge in [0, 0.05) is 4.88 Å². The van der Waals surface area contributed by atoms with Crippen molar-refractivity contribution in [3.8, 4) is 0 Å². The van der Waals surface area contributed by atoms with E-state index in [1.54, 1.807) is 11.3 Å². The van der Waals surface area contributed by atoms with E-state index in [4.69, 9.17) is 5.84 Å². The molecule has 0 fully saturated rings. The second kappa shape index (κ2) is 5.13. The lowest BCUT2D eigenvalue weighted by Crippen LogP contribution is -2.28. The summed E-state index contributed by atoms with van der Waals surface area (Å²) in [6.45, 7) is 2.13. The van der Waals surface area contributed by atoms with E-state index in [-0.39, 0.29) is 6.04 Å². The summed E-state index contributed by atoms with van der Waals surface area (Å²) in [6, 6.07) is 17.1. The molecule has 96 valence electrons. The Morgan fingerprint density at radius 2 is 1.84 bits per heavy atom. The van der Waals surface area contributed by atoms with Crippen LogP contribution in [0.15, 0.2) is 53.9 Å². The molecule has 3 aromatic rings. The van der Waals surface area contributed by atoms with Gasteiger partial charge in [0.05, 0.1) is 6.04 Å². The van der Waals surface area contributed by atoms with E-state index in [2.05, 4.69) is 66.3 Å². The molecule has 0 bridgehead atoms. The maximum atomic E-state index is 5.76. The predicted octanol–water partition coefficient (Wildman–Crippen LogP) is 3.76. The van der Waals surface area contributed by atoms with E-state index in [1.807, 2.05) is 0 Å². The molecule has 0 radical (unpaired) electrons. The summed E-state index contributed by atoms with van der Waals surface area (Å²) < 4.78 is 0. The van der Waals surface area contributed by atoms with Gasteiger partial charge in [0.1, 0.15) is 0 Å². The second-order valence-corrected chi connectivity index (χ2v) is 5.76. The molecule has 3 rings (SSSR count). The number of aryl methyl sites for hydroxylation is 1. The minimum atomic E-state index is 0.0517. The standard InChI is InChI=1S/C16H16N2S/c1-11-15(8-9-19-11)16(18-17)14-7-6-12-4-2-3-5-13(12)10-14/h2-10,16,18H,17H2,1H3. The molecular formula is C16H16N2S. The largest absolute Gasteiger partial charge is 0.271 e. The Kier molecular flexibility index (Phi) is 3.34. The van der Waals surface area contributed by atoms with Crippen LogP contribution >= 0.6 is 11.3 Å². The van der Waals surface area contributed by atoms with Gasteiger partial charge < -0.3 is 0 Å². The maximum Gasteiger partial charge on any atom is 0.0720 e. The lowest BCUT2D eigenvalue weighted by Gasteiger charge is -2.17. The molecule has 3 heteroatoms. The second-order valence-electron chi connectivity index (χ2n) is 4.64. The lowest BCUT2D eigenvalue weighted by molar-refractivity contribution is 0.637. The van der Waals surface area contributed by atoms with Crippen LogP contribution in [-0.2, 0) is 0 Å². The smallest absolute Gasteiger partial charge is 0.0720 e. The summed E-state index contributed by atoms with van der Waals surface area (Å²) >= 11 is 1.75. The molecule has 0 spiro atoms. The summed E-state index contributed by atoms with van der Waals surface area (Å²) in [5, 5.41) is 4.60. The summed E-state index contributed by atoms with van der Waals surface area (Å²) in [6.07, 6.45) is 0. The minimum Gasteiger partial charge on any atom is -0.271 e. The molecule has 0 aliphatic rings. The Labute approximate surface area is 116 Å². The van der Waals surface area contributed by atoms with Crippen LogP contribution in [0.1, 0.15) is 22.0 Å². The van der Waals surface area contributed by atoms with Gasteiger partial charge in [0.15, 0.2) is 0 Å². The molecule has 1 atom stereocenters. The average Bonchev–Trinajstić information content (AvgIpc) is 2.86. The zero-order valence-corrected chi connectivity index (χ0v) is 11.6. The molecule has 0 saturated heterocycles. The van der Waals surface area contributed by atoms with E-state index in [0.29, 0.717) is 0 Å². The number of nitrogens with two attached hydrogens (primary N) is 1. The van der Waals surface area contributed by atoms with Gasteiger partial charge in [-0.05, 0) is 46.3 Å². The Morgan fingerprint density at radius 1 is 1.05 bits per heavy atom. The van der Waals surface area contributed by atoms with E-state index in [1.165, 1.54) is 26.8 Å². The number of rotatable bonds is 3. The number of fused-ring (bicyclic) bond motifs is 1. The van der Waals surface area contributed by atoms with Gasteiger partial charge >= 0.3 is 0 Å². The molecule has 1 unspecified atom stereocenters. The molecule has 0 aliphatic carbocycles. The molecular weight excluding hydrogens is 252 g/mol. The highest BCUT2D eigenvalue weighted by Gasteiger charge is 2.15. The van der Waals surface area contributed by atoms with Crippen LogP contribution in [0.3, 0.4) is 0 Å². The van der Waals surface area contributed by atoms with Gasteiger partial charge in [0.25, 0.3) is 0 Å². The van der Waals surface area contributed by atoms with Crippen molar-refractivity contribution in [2.75, 3.05) is 0 Å². The molecule has 1 heterocycles. The van der Waals surface area contributed by atoms with E-state index >= 15 is 0 Å². The minimum absolute atomic E-state index is 0.0517. The zero-order chi connectivity index (χ0) is 13.2. The number of benzene rings is 2. The van der Waals surface area contributed by atoms with Crippen LogP contribution in [-0.4, -0.2) is 0 Å². The van der Waals surface area contributed by atoms with Gasteiger partial charge in [-0.25, -0.2) is 5.43 Å². The number of thiophene rings is 1. The van der Waals surface area contributed by atoms with Gasteiger partial charge in [-0.2, -0.15) is 0 Å². The molecule has 3 N–H and O–H groups in total. The van der Waals surface area contributed by atoms with Crippen LogP contribution < -0.4 is 11.3 Å². The maximum absolute atomic E-state index is 5.76. The molecule has 19 heavy (non-hydrogen) atoms. The number of hydrogen-bond acceptors (Lipinski definition) is 3. The summed E-state index contributed by atoms with van der Waals surface area (Å²) in [5.74, 6) is 5.76. The van der Waals surface area contributed by atoms with E-state index in [0.717, 1.165) is 0 Å². The fourth-order valence-corrected chi connectivity index (χ4v) is 3.19. The first-order chi connectivity index (χ1) is 9.29. The van der Waals surface area contributed by atoms with Crippen molar-refractivity contribution < 1.29 is 0 Å². The lowest BCUT2D eigenvalue weighted by atomic mass is 9.97. The zero-order valence-electron chi connectivity index (χ0n) is 10.8. The van der Waals surface area contributed by atoms with Crippen LogP contribution in [0, 0.1) is 6.92 Å². The van der Waals surface area contributed by atoms with Crippen molar-refractivity contribution in [3.05, 3.63) is 69.9 Å². The molecule has 2 nitrogen and oxygen atoms in total. The van der Waals surface area contributed by atoms with Crippen LogP contribution in [0.5, 0.6) is 0 Å². The number of hydrogen-bond donors (Lipinski definition) is 2. The first-order valence-corrected chi connectivity index (χ1v) is 7.16. The highest BCUT2D eigenvalue weighted by atomic mass is 32.1. The van der Waals surface area contributed by atoms with Crippen molar-refractivity contribution in [1.82, 2.24) is 5.43 Å². The van der Waals surface area contributed by atoms with Crippen LogP contribution in [0.2, 0.25) is 0 Å². The van der Waals surface area contributed by atoms with Crippen LogP contribution in [0.4, 0.5) is 0 Å². The first kappa shape index (κ1) is 12.4. The Balaban J connectivity index is 2.09. The van der Waals surface area contributed by atoms with Crippen molar-refractivity contribution in [3.63, 3.8) is 0 Å². The molecule has 1 aromatic heterocycles. The third kappa shape index (κ3) is 2.28. The quantitative estimate of drug-likeness (QED) is 0.560. The Bertz CT molecular complexity index is 703. The topological polar surface area (TPSA) is 38.0 Å². The normalized spacial score (nSPS) is 12.7. The SMILES string of the molecule is Cc1sccc1C(NN)c1ccc2ccccc2c1. The fourth-order valence-electron chi connectivity index (χ4n) is 2.45. The van der Waals surface area contributed by atoms with Gasteiger partial charge in [-0.1, -0.05) is 36.4 Å². The monoisotopic (exact) mass is 268 g/mol. The first-order valence-electron chi connectivity index (χ1n) is 6.28. The van der Waals surface area contributed by atoms with Gasteiger partial charge in [-0.15, -0.1) is 11.3 Å². The van der Waals surface area contributed by atoms with Crippen molar-refractivity contribution >= 4 is 22.1 Å². The van der Waals surface area contributed by atoms with Crippen molar-refractivity contribution in [2.45, 2.75) is 13.0 Å². The highest BCUT2D eigenvalue weighted by Crippen LogP contribution is 2.29. The summed E-state index contributed by atoms with van der Waals surface area (Å²) in [5.41, 5.74) is 5.38. The fraction of sp³-hybridized carbons (Fsp3) is 0.125. The Hall–Kier alpha value is -1.68. The number of nitrogens with one attached hydrogen (secondary N) is 1. The molecule has 0 amide bonds. The van der Waals surface area contributed by atoms with E-state index < -0.39 is 0 Å². The van der Waals surface area contributed by atoms with Gasteiger partial charge in [-0.3, -0.25) is 5.84 Å². The van der Waals surface area contributed by atoms with Crippen molar-refractivity contribution in [2.24, 2.45) is 5.84 Å². The molecule has 0 saturated carbocycles. The van der Waals surface area contributed by atoms with Gasteiger partial charge in [0.2, 0.25) is 0 Å². The third-order valence-corrected chi connectivity index (χ3v) is 4.34. The predicted molar refractivity (Wildman–Crippen MR) is 82.2 cm³/mol. The summed E-state index contributed by atoms with van der Waals surface area (Å²) in [7, 11) is 0. The molecule has 0 aliphatic heterocycles. The highest BCUT2D eigenvalue weighted by molar-refractivity contribution is 7.10. The summed E-state index contributed by atoms with van der Waals surface area (Å²) in [4.78, 5) is 1.30. The molecule has 2 aromatic carbocycles. The average molecular weight is 268 g/mol. The number of hydrazine groups is 1. The van der Waals surface area contributed by atoms with Crippen molar-refractivity contribution in [1.29, 1.82) is 0 Å². The third-order valence-electron chi connectivity index (χ3n) is 3.48.